The molecule has 0 aliphatic heterocycles. The molecule has 1 N–H and O–H groups in total. The lowest BCUT2D eigenvalue weighted by Gasteiger charge is -2.36. The van der Waals surface area contributed by atoms with Gasteiger partial charge in [0, 0.05) is 20.2 Å². The van der Waals surface area contributed by atoms with Crippen molar-refractivity contribution in [3.63, 3.8) is 0 Å². The van der Waals surface area contributed by atoms with Crippen LogP contribution in [-0.4, -0.2) is 48.8 Å². The number of hydrogen-bond acceptors (Lipinski definition) is 4. The van der Waals surface area contributed by atoms with Crippen molar-refractivity contribution in [3.8, 4) is 11.5 Å². The molecule has 1 fully saturated rings. The summed E-state index contributed by atoms with van der Waals surface area (Å²) in [7, 11) is 4.95. The number of amides is 1. The lowest BCUT2D eigenvalue weighted by atomic mass is 9.87. The number of hydrogen-bond donors (Lipinski definition) is 1. The van der Waals surface area contributed by atoms with Gasteiger partial charge >= 0.3 is 0 Å². The first-order valence-corrected chi connectivity index (χ1v) is 8.20. The third-order valence-electron chi connectivity index (χ3n) is 4.42. The number of ether oxygens (including phenoxy) is 2. The second kappa shape index (κ2) is 7.68. The van der Waals surface area contributed by atoms with E-state index >= 15 is 0 Å². The van der Waals surface area contributed by atoms with Gasteiger partial charge in [0.25, 0.3) is 5.91 Å². The summed E-state index contributed by atoms with van der Waals surface area (Å²) in [6.07, 6.45) is 4.27. The smallest absolute Gasteiger partial charge is 0.266 e. The minimum Gasteiger partial charge on any atom is -0.497 e. The number of likely N-dealkylation sites (N-methyl/N-ethyl adjacent to an activating group) is 1. The van der Waals surface area contributed by atoms with Gasteiger partial charge in [-0.3, -0.25) is 4.79 Å². The first-order chi connectivity index (χ1) is 11.0. The lowest BCUT2D eigenvalue weighted by molar-refractivity contribution is -0.152. The van der Waals surface area contributed by atoms with E-state index in [0.717, 1.165) is 25.7 Å². The summed E-state index contributed by atoms with van der Waals surface area (Å²) >= 11 is 0. The molecule has 0 aromatic heterocycles. The van der Waals surface area contributed by atoms with Crippen LogP contribution in [0.1, 0.15) is 38.5 Å². The second-order valence-corrected chi connectivity index (χ2v) is 6.43. The molecule has 0 spiro atoms. The summed E-state index contributed by atoms with van der Waals surface area (Å²) in [5, 5.41) is 11.1. The van der Waals surface area contributed by atoms with Crippen molar-refractivity contribution in [1.29, 1.82) is 0 Å². The summed E-state index contributed by atoms with van der Waals surface area (Å²) in [6.45, 7) is 0. The first kappa shape index (κ1) is 17.6. The number of aliphatic hydroxyl groups is 1. The highest BCUT2D eigenvalue weighted by atomic mass is 16.5. The molecule has 2 rings (SSSR count). The highest BCUT2D eigenvalue weighted by Crippen LogP contribution is 2.33. The zero-order chi connectivity index (χ0) is 16.9. The largest absolute Gasteiger partial charge is 0.497 e. The third-order valence-corrected chi connectivity index (χ3v) is 4.42. The van der Waals surface area contributed by atoms with Crippen molar-refractivity contribution >= 4 is 5.91 Å². The van der Waals surface area contributed by atoms with Crippen LogP contribution in [0, 0.1) is 0 Å². The molecule has 0 bridgehead atoms. The highest BCUT2D eigenvalue weighted by Gasteiger charge is 2.44. The summed E-state index contributed by atoms with van der Waals surface area (Å²) in [5.41, 5.74) is -1.12. The fraction of sp³-hybridized carbons (Fsp3) is 0.611. The molecule has 1 aromatic carbocycles. The number of rotatable bonds is 5. The van der Waals surface area contributed by atoms with Gasteiger partial charge in [0.15, 0.2) is 0 Å². The van der Waals surface area contributed by atoms with Gasteiger partial charge in [0.05, 0.1) is 7.11 Å². The van der Waals surface area contributed by atoms with E-state index in [-0.39, 0.29) is 5.91 Å². The fourth-order valence-corrected chi connectivity index (χ4v) is 3.04. The van der Waals surface area contributed by atoms with Crippen LogP contribution in [0.4, 0.5) is 0 Å². The molecule has 1 atom stereocenters. The Morgan fingerprint density at radius 3 is 2.35 bits per heavy atom. The van der Waals surface area contributed by atoms with Crippen molar-refractivity contribution in [2.45, 2.75) is 50.2 Å². The van der Waals surface area contributed by atoms with E-state index < -0.39 is 11.7 Å². The maximum atomic E-state index is 12.6. The summed E-state index contributed by atoms with van der Waals surface area (Å²) in [4.78, 5) is 14.1. The molecule has 0 heterocycles. The minimum absolute atomic E-state index is 0.211. The summed E-state index contributed by atoms with van der Waals surface area (Å²) < 4.78 is 11.2. The Bertz CT molecular complexity index is 522. The van der Waals surface area contributed by atoms with Crippen LogP contribution in [0.5, 0.6) is 11.5 Å². The van der Waals surface area contributed by atoms with Crippen molar-refractivity contribution in [2.24, 2.45) is 0 Å². The SMILES string of the molecule is COc1cccc(OC(C(=O)N(C)C)C2(O)CCCCCC2)c1. The minimum atomic E-state index is -1.12. The molecule has 1 saturated carbocycles. The molecule has 1 unspecified atom stereocenters. The standard InChI is InChI=1S/C18H27NO4/c1-19(2)17(20)16(18(21)11-6-4-5-7-12-18)23-15-10-8-9-14(13-15)22-3/h8-10,13,16,21H,4-7,11-12H2,1-3H3. The molecule has 128 valence electrons. The third kappa shape index (κ3) is 4.38. The van der Waals surface area contributed by atoms with E-state index in [1.165, 1.54) is 4.90 Å². The maximum Gasteiger partial charge on any atom is 0.266 e. The molecule has 1 amide bonds. The number of carbonyl (C=O) groups is 1. The second-order valence-electron chi connectivity index (χ2n) is 6.43. The van der Waals surface area contributed by atoms with E-state index in [1.807, 2.05) is 12.1 Å². The van der Waals surface area contributed by atoms with Crippen molar-refractivity contribution < 1.29 is 19.4 Å². The van der Waals surface area contributed by atoms with Crippen molar-refractivity contribution in [2.75, 3.05) is 21.2 Å². The van der Waals surface area contributed by atoms with Gasteiger partial charge in [0.1, 0.15) is 17.1 Å². The summed E-state index contributed by atoms with van der Waals surface area (Å²) in [5.74, 6) is 0.978. The van der Waals surface area contributed by atoms with Crippen LogP contribution in [0.15, 0.2) is 24.3 Å². The van der Waals surface area contributed by atoms with E-state index in [0.29, 0.717) is 24.3 Å². The average molecular weight is 321 g/mol. The summed E-state index contributed by atoms with van der Waals surface area (Å²) in [6, 6.07) is 7.13. The number of carbonyl (C=O) groups excluding carboxylic acids is 1. The maximum absolute atomic E-state index is 12.6. The van der Waals surface area contributed by atoms with Gasteiger partial charge in [-0.25, -0.2) is 0 Å². The quantitative estimate of drug-likeness (QED) is 0.847. The number of nitrogens with zero attached hydrogens (tertiary/aromatic N) is 1. The zero-order valence-electron chi connectivity index (χ0n) is 14.2. The van der Waals surface area contributed by atoms with Gasteiger partial charge < -0.3 is 19.5 Å². The highest BCUT2D eigenvalue weighted by molar-refractivity contribution is 5.82. The van der Waals surface area contributed by atoms with Gasteiger partial charge in [-0.2, -0.15) is 0 Å². The Morgan fingerprint density at radius 1 is 1.17 bits per heavy atom. The molecule has 5 heteroatoms. The van der Waals surface area contributed by atoms with Crippen LogP contribution < -0.4 is 9.47 Å². The number of methoxy groups -OCH3 is 1. The predicted octanol–water partition coefficient (Wildman–Crippen LogP) is 2.62. The van der Waals surface area contributed by atoms with E-state index in [9.17, 15) is 9.90 Å². The molecular formula is C18H27NO4. The predicted molar refractivity (Wildman–Crippen MR) is 88.8 cm³/mol. The molecule has 5 nitrogen and oxygen atoms in total. The van der Waals surface area contributed by atoms with Crippen molar-refractivity contribution in [1.82, 2.24) is 4.90 Å². The monoisotopic (exact) mass is 321 g/mol. The van der Waals surface area contributed by atoms with Crippen LogP contribution in [-0.2, 0) is 4.79 Å². The van der Waals surface area contributed by atoms with Crippen LogP contribution in [0.2, 0.25) is 0 Å². The van der Waals surface area contributed by atoms with Crippen LogP contribution in [0.25, 0.3) is 0 Å². The molecule has 1 aliphatic rings. The zero-order valence-corrected chi connectivity index (χ0v) is 14.2. The van der Waals surface area contributed by atoms with E-state index in [2.05, 4.69) is 0 Å². The normalized spacial score (nSPS) is 18.6. The molecule has 1 aliphatic carbocycles. The Balaban J connectivity index is 2.27. The first-order valence-electron chi connectivity index (χ1n) is 8.20. The Kier molecular flexibility index (Phi) is 5.88. The lowest BCUT2D eigenvalue weighted by Crippen LogP contribution is -2.54. The average Bonchev–Trinajstić information content (AvgIpc) is 2.77. The topological polar surface area (TPSA) is 59.0 Å². The Morgan fingerprint density at radius 2 is 1.78 bits per heavy atom. The van der Waals surface area contributed by atoms with Crippen LogP contribution in [0.3, 0.4) is 0 Å². The van der Waals surface area contributed by atoms with E-state index in [1.54, 1.807) is 33.3 Å². The Hall–Kier alpha value is -1.75. The van der Waals surface area contributed by atoms with Crippen LogP contribution >= 0.6 is 0 Å². The van der Waals surface area contributed by atoms with E-state index in [4.69, 9.17) is 9.47 Å². The van der Waals surface area contributed by atoms with Gasteiger partial charge in [-0.05, 0) is 25.0 Å². The molecule has 1 aromatic rings. The molecule has 0 radical (unpaired) electrons. The molecule has 0 saturated heterocycles. The Labute approximate surface area is 138 Å². The molecule has 23 heavy (non-hydrogen) atoms. The van der Waals surface area contributed by atoms with Gasteiger partial charge in [-0.15, -0.1) is 0 Å². The molecular weight excluding hydrogens is 294 g/mol. The van der Waals surface area contributed by atoms with Gasteiger partial charge in [-0.1, -0.05) is 31.7 Å². The number of benzene rings is 1. The fourth-order valence-electron chi connectivity index (χ4n) is 3.04. The van der Waals surface area contributed by atoms with Gasteiger partial charge in [0.2, 0.25) is 6.10 Å². The van der Waals surface area contributed by atoms with Crippen molar-refractivity contribution in [3.05, 3.63) is 24.3 Å².